The van der Waals surface area contributed by atoms with E-state index in [1.54, 1.807) is 12.4 Å². The van der Waals surface area contributed by atoms with Crippen LogP contribution in [0.3, 0.4) is 0 Å². The van der Waals surface area contributed by atoms with Crippen LogP contribution in [-0.2, 0) is 16.0 Å². The Kier molecular flexibility index (Phi) is 3.59. The van der Waals surface area contributed by atoms with E-state index in [0.717, 1.165) is 23.7 Å². The Morgan fingerprint density at radius 2 is 2.26 bits per heavy atom. The molecule has 4 heterocycles. The van der Waals surface area contributed by atoms with Gasteiger partial charge in [0.15, 0.2) is 17.9 Å². The van der Waals surface area contributed by atoms with Gasteiger partial charge in [-0.2, -0.15) is 0 Å². The molecule has 23 heavy (non-hydrogen) atoms. The molecule has 6 nitrogen and oxygen atoms in total. The second-order valence-corrected chi connectivity index (χ2v) is 5.58. The van der Waals surface area contributed by atoms with E-state index in [1.165, 1.54) is 6.39 Å². The van der Waals surface area contributed by atoms with E-state index in [1.807, 2.05) is 18.2 Å². The number of ether oxygens (including phenoxy) is 1. The van der Waals surface area contributed by atoms with Gasteiger partial charge in [0.05, 0.1) is 18.1 Å². The summed E-state index contributed by atoms with van der Waals surface area (Å²) in [6.07, 6.45) is 6.49. The van der Waals surface area contributed by atoms with Crippen LogP contribution in [0.25, 0.3) is 22.4 Å². The molecule has 1 aliphatic rings. The van der Waals surface area contributed by atoms with Crippen LogP contribution in [0.2, 0.25) is 0 Å². The summed E-state index contributed by atoms with van der Waals surface area (Å²) in [5, 5.41) is 0.918. The maximum Gasteiger partial charge on any atom is 0.181 e. The molecule has 0 aromatic carbocycles. The molecule has 3 aromatic heterocycles. The number of rotatable bonds is 4. The first-order valence-electron chi connectivity index (χ1n) is 7.58. The fourth-order valence-electron chi connectivity index (χ4n) is 2.76. The molecule has 1 fully saturated rings. The van der Waals surface area contributed by atoms with Crippen LogP contribution in [0.4, 0.5) is 0 Å². The molecule has 1 aliphatic heterocycles. The Bertz CT molecular complexity index is 839. The number of ketones is 1. The number of carbonyl (C=O) groups excluding carboxylic acids is 1. The van der Waals surface area contributed by atoms with E-state index < -0.39 is 0 Å². The number of hydrogen-bond acceptors (Lipinski definition) is 6. The minimum absolute atomic E-state index is 0.0840. The average Bonchev–Trinajstić information content (AvgIpc) is 3.27. The van der Waals surface area contributed by atoms with E-state index in [-0.39, 0.29) is 18.3 Å². The molecule has 0 bridgehead atoms. The summed E-state index contributed by atoms with van der Waals surface area (Å²) < 4.78 is 10.7. The van der Waals surface area contributed by atoms with Gasteiger partial charge in [0.25, 0.3) is 0 Å². The van der Waals surface area contributed by atoms with Crippen molar-refractivity contribution in [3.05, 3.63) is 42.7 Å². The highest BCUT2D eigenvalue weighted by Crippen LogP contribution is 2.21. The SMILES string of the molecule is O=C(Cc1cc2nc(-c3cnco3)ccc2cn1)[C@H]1CCCO1. The van der Waals surface area contributed by atoms with Crippen molar-refractivity contribution in [3.8, 4) is 11.5 Å². The van der Waals surface area contributed by atoms with Gasteiger partial charge in [0, 0.05) is 23.9 Å². The topological polar surface area (TPSA) is 78.1 Å². The zero-order valence-corrected chi connectivity index (χ0v) is 12.4. The van der Waals surface area contributed by atoms with Crippen LogP contribution in [-0.4, -0.2) is 33.4 Å². The minimum Gasteiger partial charge on any atom is -0.442 e. The Labute approximate surface area is 132 Å². The van der Waals surface area contributed by atoms with Crippen LogP contribution < -0.4 is 0 Å². The zero-order valence-electron chi connectivity index (χ0n) is 12.4. The van der Waals surface area contributed by atoms with Crippen LogP contribution >= 0.6 is 0 Å². The lowest BCUT2D eigenvalue weighted by molar-refractivity contribution is -0.127. The number of carbonyl (C=O) groups is 1. The number of pyridine rings is 2. The quantitative estimate of drug-likeness (QED) is 0.737. The van der Waals surface area contributed by atoms with Gasteiger partial charge in [-0.25, -0.2) is 9.97 Å². The largest absolute Gasteiger partial charge is 0.442 e. The van der Waals surface area contributed by atoms with Crippen molar-refractivity contribution in [2.45, 2.75) is 25.4 Å². The number of oxazole rings is 1. The maximum atomic E-state index is 12.2. The number of nitrogens with zero attached hydrogens (tertiary/aromatic N) is 3. The van der Waals surface area contributed by atoms with Gasteiger partial charge in [-0.3, -0.25) is 9.78 Å². The Hall–Kier alpha value is -2.60. The van der Waals surface area contributed by atoms with Crippen molar-refractivity contribution in [3.63, 3.8) is 0 Å². The Balaban J connectivity index is 1.62. The van der Waals surface area contributed by atoms with Gasteiger partial charge >= 0.3 is 0 Å². The van der Waals surface area contributed by atoms with Crippen LogP contribution in [0.1, 0.15) is 18.5 Å². The number of Topliss-reactive ketones (excluding diaryl/α,β-unsaturated/α-hetero) is 1. The molecule has 116 valence electrons. The number of aromatic nitrogens is 3. The molecule has 0 N–H and O–H groups in total. The summed E-state index contributed by atoms with van der Waals surface area (Å²) in [6.45, 7) is 0.670. The van der Waals surface area contributed by atoms with Gasteiger partial charge in [-0.1, -0.05) is 0 Å². The molecule has 0 saturated carbocycles. The minimum atomic E-state index is -0.277. The molecule has 6 heteroatoms. The third-order valence-electron chi connectivity index (χ3n) is 3.96. The first-order valence-corrected chi connectivity index (χ1v) is 7.58. The van der Waals surface area contributed by atoms with Crippen molar-refractivity contribution in [2.75, 3.05) is 6.61 Å². The van der Waals surface area contributed by atoms with Crippen LogP contribution in [0.15, 0.2) is 41.4 Å². The highest BCUT2D eigenvalue weighted by Gasteiger charge is 2.23. The van der Waals surface area contributed by atoms with E-state index in [2.05, 4.69) is 15.0 Å². The average molecular weight is 309 g/mol. The van der Waals surface area contributed by atoms with Gasteiger partial charge in [0.1, 0.15) is 11.8 Å². The van der Waals surface area contributed by atoms with Crippen molar-refractivity contribution in [1.29, 1.82) is 0 Å². The molecule has 4 rings (SSSR count). The van der Waals surface area contributed by atoms with Gasteiger partial charge in [-0.15, -0.1) is 0 Å². The molecule has 0 unspecified atom stereocenters. The van der Waals surface area contributed by atoms with E-state index in [4.69, 9.17) is 9.15 Å². The molecular weight excluding hydrogens is 294 g/mol. The Morgan fingerprint density at radius 3 is 3.04 bits per heavy atom. The lowest BCUT2D eigenvalue weighted by atomic mass is 10.1. The highest BCUT2D eigenvalue weighted by molar-refractivity contribution is 5.86. The molecule has 0 radical (unpaired) electrons. The van der Waals surface area contributed by atoms with Crippen LogP contribution in [0, 0.1) is 0 Å². The second-order valence-electron chi connectivity index (χ2n) is 5.58. The zero-order chi connectivity index (χ0) is 15.6. The van der Waals surface area contributed by atoms with E-state index in [9.17, 15) is 4.79 Å². The second kappa shape index (κ2) is 5.89. The number of fused-ring (bicyclic) bond motifs is 1. The summed E-state index contributed by atoms with van der Waals surface area (Å²) in [5.74, 6) is 0.696. The van der Waals surface area contributed by atoms with Crippen LogP contribution in [0.5, 0.6) is 0 Å². The van der Waals surface area contributed by atoms with Crippen molar-refractivity contribution in [2.24, 2.45) is 0 Å². The summed E-state index contributed by atoms with van der Waals surface area (Å²) in [5.41, 5.74) is 2.20. The van der Waals surface area contributed by atoms with Gasteiger partial charge in [-0.05, 0) is 31.0 Å². The standard InChI is InChI=1S/C17H15N3O3/c21-15(16-2-1-5-22-16)7-12-6-14-11(8-19-12)3-4-13(20-14)17-9-18-10-23-17/h3-4,6,8-10,16H,1-2,5,7H2/t16-/m1/s1. The molecule has 0 amide bonds. The molecule has 0 spiro atoms. The van der Waals surface area contributed by atoms with E-state index in [0.29, 0.717) is 23.8 Å². The smallest absolute Gasteiger partial charge is 0.181 e. The monoisotopic (exact) mass is 309 g/mol. The molecule has 1 saturated heterocycles. The molecule has 0 aliphatic carbocycles. The highest BCUT2D eigenvalue weighted by atomic mass is 16.5. The third kappa shape index (κ3) is 2.85. The number of hydrogen-bond donors (Lipinski definition) is 0. The predicted octanol–water partition coefficient (Wildman–Crippen LogP) is 2.58. The summed E-state index contributed by atoms with van der Waals surface area (Å²) in [4.78, 5) is 25.0. The molecule has 1 atom stereocenters. The molecular formula is C17H15N3O3. The van der Waals surface area contributed by atoms with Crippen molar-refractivity contribution in [1.82, 2.24) is 15.0 Å². The van der Waals surface area contributed by atoms with Crippen molar-refractivity contribution >= 4 is 16.7 Å². The fraction of sp³-hybridized carbons (Fsp3) is 0.294. The lowest BCUT2D eigenvalue weighted by Crippen LogP contribution is -2.21. The fourth-order valence-corrected chi connectivity index (χ4v) is 2.76. The third-order valence-corrected chi connectivity index (χ3v) is 3.96. The Morgan fingerprint density at radius 1 is 1.30 bits per heavy atom. The molecule has 3 aromatic rings. The van der Waals surface area contributed by atoms with Gasteiger partial charge < -0.3 is 9.15 Å². The normalized spacial score (nSPS) is 17.7. The lowest BCUT2D eigenvalue weighted by Gasteiger charge is -2.08. The summed E-state index contributed by atoms with van der Waals surface area (Å²) in [6, 6.07) is 5.64. The predicted molar refractivity (Wildman–Crippen MR) is 82.7 cm³/mol. The first kappa shape index (κ1) is 14.0. The maximum absolute atomic E-state index is 12.2. The summed E-state index contributed by atoms with van der Waals surface area (Å²) in [7, 11) is 0. The summed E-state index contributed by atoms with van der Waals surface area (Å²) >= 11 is 0. The van der Waals surface area contributed by atoms with Gasteiger partial charge in [0.2, 0.25) is 0 Å². The van der Waals surface area contributed by atoms with E-state index >= 15 is 0 Å². The first-order chi connectivity index (χ1) is 11.3. The van der Waals surface area contributed by atoms with Crippen molar-refractivity contribution < 1.29 is 13.9 Å².